The van der Waals surface area contributed by atoms with Crippen molar-refractivity contribution in [3.8, 4) is 0 Å². The molecule has 1 saturated heterocycles. The van der Waals surface area contributed by atoms with E-state index in [0.717, 1.165) is 74.1 Å². The van der Waals surface area contributed by atoms with Crippen LogP contribution in [-0.2, 0) is 16.6 Å². The Morgan fingerprint density at radius 3 is 2.67 bits per heavy atom. The number of aryl methyl sites for hydroxylation is 1. The summed E-state index contributed by atoms with van der Waals surface area (Å²) in [5, 5.41) is 5.11. The van der Waals surface area contributed by atoms with Gasteiger partial charge in [-0.15, -0.1) is 0 Å². The van der Waals surface area contributed by atoms with Crippen LogP contribution in [0.25, 0.3) is 10.1 Å². The Kier molecular flexibility index (Phi) is 4.98. The summed E-state index contributed by atoms with van der Waals surface area (Å²) in [6.07, 6.45) is 2.92. The third-order valence-electron chi connectivity index (χ3n) is 7.97. The molecule has 2 aromatic carbocycles. The minimum absolute atomic E-state index is 0.0236. The average Bonchev–Trinajstić information content (AvgIpc) is 3.07. The van der Waals surface area contributed by atoms with Gasteiger partial charge in [-0.1, -0.05) is 43.6 Å². The number of hydrogen-bond donors (Lipinski definition) is 1. The number of nitrogens with one attached hydrogen (secondary N) is 1. The van der Waals surface area contributed by atoms with Gasteiger partial charge in [-0.2, -0.15) is 4.37 Å². The van der Waals surface area contributed by atoms with Crippen molar-refractivity contribution in [3.05, 3.63) is 52.5 Å². The Labute approximate surface area is 203 Å². The molecule has 1 atom stereocenters. The number of amides is 1. The van der Waals surface area contributed by atoms with Gasteiger partial charge in [0.25, 0.3) is 0 Å². The molecule has 33 heavy (non-hydrogen) atoms. The first-order valence-electron chi connectivity index (χ1n) is 11.9. The van der Waals surface area contributed by atoms with Gasteiger partial charge in [-0.25, -0.2) is 0 Å². The van der Waals surface area contributed by atoms with E-state index in [4.69, 9.17) is 16.0 Å². The third-order valence-corrected chi connectivity index (χ3v) is 9.14. The predicted molar refractivity (Wildman–Crippen MR) is 137 cm³/mol. The zero-order chi connectivity index (χ0) is 22.8. The maximum absolute atomic E-state index is 12.7. The molecule has 3 heterocycles. The summed E-state index contributed by atoms with van der Waals surface area (Å²) in [7, 11) is 0. The standard InChI is InChI=1S/C26H29ClN4OS/c1-25(2)16-26(25)19-14-17(20(27)15-21(19)28-24(26)32)6-5-9-30-10-12-31(13-11-30)23-18-7-3-4-8-22(18)33-29-23/h3-4,7-8,14-15H,5-6,9-13,16H2,1-2H3,(H,28,32). The Morgan fingerprint density at radius 1 is 1.15 bits per heavy atom. The minimum Gasteiger partial charge on any atom is -0.353 e. The number of fused-ring (bicyclic) bond motifs is 3. The van der Waals surface area contributed by atoms with Crippen molar-refractivity contribution < 1.29 is 4.79 Å². The number of piperazine rings is 1. The molecule has 0 bridgehead atoms. The Morgan fingerprint density at radius 2 is 1.91 bits per heavy atom. The summed E-state index contributed by atoms with van der Waals surface area (Å²) < 4.78 is 5.98. The van der Waals surface area contributed by atoms with E-state index in [1.807, 2.05) is 6.07 Å². The predicted octanol–water partition coefficient (Wildman–Crippen LogP) is 5.32. The van der Waals surface area contributed by atoms with Crippen LogP contribution in [0.4, 0.5) is 11.5 Å². The van der Waals surface area contributed by atoms with Crippen LogP contribution >= 0.6 is 23.1 Å². The van der Waals surface area contributed by atoms with Gasteiger partial charge in [0.2, 0.25) is 5.91 Å². The van der Waals surface area contributed by atoms with E-state index < -0.39 is 0 Å². The van der Waals surface area contributed by atoms with Gasteiger partial charge in [-0.05, 0) is 72.1 Å². The highest BCUT2D eigenvalue weighted by Crippen LogP contribution is 2.68. The zero-order valence-electron chi connectivity index (χ0n) is 19.2. The number of carbonyl (C=O) groups is 1. The SMILES string of the molecule is CC1(C)CC12C(=O)Nc1cc(Cl)c(CCCN3CCN(c4nsc5ccccc45)CC3)cc12. The molecule has 1 spiro atoms. The smallest absolute Gasteiger partial charge is 0.235 e. The number of aromatic nitrogens is 1. The quantitative estimate of drug-likeness (QED) is 0.536. The zero-order valence-corrected chi connectivity index (χ0v) is 20.7. The summed E-state index contributed by atoms with van der Waals surface area (Å²) in [5.41, 5.74) is 2.90. The molecule has 2 aliphatic heterocycles. The lowest BCUT2D eigenvalue weighted by atomic mass is 9.88. The van der Waals surface area contributed by atoms with E-state index in [-0.39, 0.29) is 16.7 Å². The van der Waals surface area contributed by atoms with Crippen molar-refractivity contribution in [1.82, 2.24) is 9.27 Å². The second-order valence-electron chi connectivity index (χ2n) is 10.3. The molecule has 1 aliphatic carbocycles. The molecule has 3 aliphatic rings. The van der Waals surface area contributed by atoms with Crippen molar-refractivity contribution in [1.29, 1.82) is 0 Å². The van der Waals surface area contributed by atoms with Crippen LogP contribution in [0.1, 0.15) is 37.8 Å². The van der Waals surface area contributed by atoms with Crippen molar-refractivity contribution in [2.45, 2.75) is 38.5 Å². The Bertz CT molecular complexity index is 1250. The van der Waals surface area contributed by atoms with E-state index >= 15 is 0 Å². The van der Waals surface area contributed by atoms with Crippen LogP contribution in [0.5, 0.6) is 0 Å². The van der Waals surface area contributed by atoms with Gasteiger partial charge in [0, 0.05) is 42.3 Å². The number of nitrogens with zero attached hydrogens (tertiary/aromatic N) is 3. The van der Waals surface area contributed by atoms with E-state index in [0.29, 0.717) is 0 Å². The summed E-state index contributed by atoms with van der Waals surface area (Å²) in [4.78, 5) is 17.7. The summed E-state index contributed by atoms with van der Waals surface area (Å²) >= 11 is 8.20. The summed E-state index contributed by atoms with van der Waals surface area (Å²) in [5.74, 6) is 1.28. The number of hydrogen-bond acceptors (Lipinski definition) is 5. The molecule has 2 fully saturated rings. The van der Waals surface area contributed by atoms with E-state index in [9.17, 15) is 4.79 Å². The molecule has 6 rings (SSSR count). The molecule has 172 valence electrons. The lowest BCUT2D eigenvalue weighted by Gasteiger charge is -2.35. The average molecular weight is 481 g/mol. The minimum atomic E-state index is -0.349. The van der Waals surface area contributed by atoms with Gasteiger partial charge in [0.1, 0.15) is 5.82 Å². The summed E-state index contributed by atoms with van der Waals surface area (Å²) in [6, 6.07) is 12.7. The van der Waals surface area contributed by atoms with Crippen molar-refractivity contribution in [2.24, 2.45) is 5.41 Å². The monoisotopic (exact) mass is 480 g/mol. The first kappa shape index (κ1) is 21.4. The van der Waals surface area contributed by atoms with Crippen LogP contribution in [0.15, 0.2) is 36.4 Å². The summed E-state index contributed by atoms with van der Waals surface area (Å²) in [6.45, 7) is 9.57. The maximum atomic E-state index is 12.7. The Balaban J connectivity index is 1.07. The van der Waals surface area contributed by atoms with Crippen LogP contribution in [-0.4, -0.2) is 47.9 Å². The molecule has 5 nitrogen and oxygen atoms in total. The number of halogens is 1. The number of carbonyl (C=O) groups excluding carboxylic acids is 1. The number of rotatable bonds is 5. The van der Waals surface area contributed by atoms with Crippen molar-refractivity contribution in [3.63, 3.8) is 0 Å². The Hall–Kier alpha value is -2.15. The van der Waals surface area contributed by atoms with Gasteiger partial charge in [0.05, 0.1) is 10.1 Å². The largest absolute Gasteiger partial charge is 0.353 e. The fourth-order valence-electron chi connectivity index (χ4n) is 5.86. The van der Waals surface area contributed by atoms with Crippen molar-refractivity contribution in [2.75, 3.05) is 42.9 Å². The van der Waals surface area contributed by atoms with E-state index in [1.54, 1.807) is 11.5 Å². The van der Waals surface area contributed by atoms with Crippen LogP contribution in [0.3, 0.4) is 0 Å². The van der Waals surface area contributed by atoms with Gasteiger partial charge in [0.15, 0.2) is 0 Å². The molecule has 1 N–H and O–H groups in total. The molecule has 1 saturated carbocycles. The van der Waals surface area contributed by atoms with Gasteiger partial charge >= 0.3 is 0 Å². The lowest BCUT2D eigenvalue weighted by molar-refractivity contribution is -0.118. The second kappa shape index (κ2) is 7.69. The van der Waals surface area contributed by atoms with Crippen LogP contribution in [0.2, 0.25) is 5.02 Å². The first-order valence-corrected chi connectivity index (χ1v) is 13.0. The number of anilines is 2. The fraction of sp³-hybridized carbons (Fsp3) is 0.462. The number of benzene rings is 2. The van der Waals surface area contributed by atoms with Gasteiger partial charge < -0.3 is 10.2 Å². The van der Waals surface area contributed by atoms with Crippen molar-refractivity contribution >= 4 is 50.6 Å². The van der Waals surface area contributed by atoms with Crippen LogP contribution < -0.4 is 10.2 Å². The fourth-order valence-corrected chi connectivity index (χ4v) is 6.91. The maximum Gasteiger partial charge on any atom is 0.235 e. The topological polar surface area (TPSA) is 48.5 Å². The molecule has 1 unspecified atom stereocenters. The molecule has 0 radical (unpaired) electrons. The lowest BCUT2D eigenvalue weighted by Crippen LogP contribution is -2.46. The molecular weight excluding hydrogens is 452 g/mol. The van der Waals surface area contributed by atoms with Gasteiger partial charge in [-0.3, -0.25) is 9.69 Å². The molecule has 3 aromatic rings. The van der Waals surface area contributed by atoms with E-state index in [1.165, 1.54) is 15.6 Å². The first-order chi connectivity index (χ1) is 15.9. The molecule has 7 heteroatoms. The normalized spacial score (nSPS) is 23.8. The van der Waals surface area contributed by atoms with Crippen LogP contribution in [0, 0.1) is 5.41 Å². The van der Waals surface area contributed by atoms with E-state index in [2.05, 4.69) is 59.3 Å². The molecule has 1 aromatic heterocycles. The molecular formula is C26H29ClN4OS. The second-order valence-corrected chi connectivity index (χ2v) is 11.6. The highest BCUT2D eigenvalue weighted by atomic mass is 35.5. The molecule has 1 amide bonds. The highest BCUT2D eigenvalue weighted by Gasteiger charge is 2.70. The third kappa shape index (κ3) is 3.37. The highest BCUT2D eigenvalue weighted by molar-refractivity contribution is 7.13.